The van der Waals surface area contributed by atoms with Gasteiger partial charge in [0.1, 0.15) is 19.3 Å². The van der Waals surface area contributed by atoms with Crippen molar-refractivity contribution in [3.63, 3.8) is 0 Å². The van der Waals surface area contributed by atoms with Crippen LogP contribution in [0.2, 0.25) is 0 Å². The van der Waals surface area contributed by atoms with E-state index in [1.54, 1.807) is 0 Å². The zero-order valence-corrected chi connectivity index (χ0v) is 61.3. The van der Waals surface area contributed by atoms with Crippen LogP contribution in [0.3, 0.4) is 0 Å². The lowest BCUT2D eigenvalue weighted by Crippen LogP contribution is -2.30. The summed E-state index contributed by atoms with van der Waals surface area (Å²) in [6.07, 6.45) is 44.5. The first kappa shape index (κ1) is 89.1. The van der Waals surface area contributed by atoms with Crippen molar-refractivity contribution in [2.75, 3.05) is 39.6 Å². The minimum Gasteiger partial charge on any atom is -0.462 e. The summed E-state index contributed by atoms with van der Waals surface area (Å²) in [4.78, 5) is 72.6. The first-order valence-electron chi connectivity index (χ1n) is 37.3. The largest absolute Gasteiger partial charge is 0.472 e. The fraction of sp³-hybridized carbons (Fsp3) is 0.944. The molecule has 0 fully saturated rings. The highest BCUT2D eigenvalue weighted by Crippen LogP contribution is 2.45. The van der Waals surface area contributed by atoms with Gasteiger partial charge in [0.2, 0.25) is 0 Å². The smallest absolute Gasteiger partial charge is 0.462 e. The molecule has 5 unspecified atom stereocenters. The molecule has 17 nitrogen and oxygen atoms in total. The summed E-state index contributed by atoms with van der Waals surface area (Å²) in [5.41, 5.74) is 0. The Balaban J connectivity index is 5.23. The van der Waals surface area contributed by atoms with Crippen LogP contribution >= 0.6 is 15.6 Å². The molecule has 0 aliphatic carbocycles. The topological polar surface area (TPSA) is 237 Å². The quantitative estimate of drug-likeness (QED) is 0.0222. The Morgan fingerprint density at radius 1 is 0.308 bits per heavy atom. The van der Waals surface area contributed by atoms with Gasteiger partial charge >= 0.3 is 39.5 Å². The molecule has 0 bridgehead atoms. The molecule has 0 saturated heterocycles. The number of aliphatic hydroxyl groups excluding tert-OH is 1. The minimum atomic E-state index is -4.95. The number of carbonyl (C=O) groups is 4. The van der Waals surface area contributed by atoms with Gasteiger partial charge in [-0.15, -0.1) is 0 Å². The minimum absolute atomic E-state index is 0.102. The highest BCUT2D eigenvalue weighted by molar-refractivity contribution is 7.47. The first-order valence-corrected chi connectivity index (χ1v) is 40.3. The van der Waals surface area contributed by atoms with E-state index in [2.05, 4.69) is 55.4 Å². The zero-order chi connectivity index (χ0) is 67.5. The van der Waals surface area contributed by atoms with Gasteiger partial charge in [-0.2, -0.15) is 0 Å². The van der Waals surface area contributed by atoms with Gasteiger partial charge in [-0.3, -0.25) is 37.3 Å². The van der Waals surface area contributed by atoms with Crippen molar-refractivity contribution in [1.82, 2.24) is 0 Å². The van der Waals surface area contributed by atoms with Gasteiger partial charge in [0.05, 0.1) is 26.4 Å². The summed E-state index contributed by atoms with van der Waals surface area (Å²) in [6.45, 7) is 14.1. The van der Waals surface area contributed by atoms with Crippen molar-refractivity contribution in [3.05, 3.63) is 0 Å². The molecule has 0 aliphatic heterocycles. The average Bonchev–Trinajstić information content (AvgIpc) is 3.69. The molecule has 91 heavy (non-hydrogen) atoms. The molecular formula is C72H140O17P2. The number of hydrogen-bond acceptors (Lipinski definition) is 15. The number of esters is 4. The van der Waals surface area contributed by atoms with Crippen LogP contribution in [0.5, 0.6) is 0 Å². The summed E-state index contributed by atoms with van der Waals surface area (Å²) >= 11 is 0. The number of phosphoric acid groups is 2. The van der Waals surface area contributed by atoms with E-state index in [9.17, 15) is 43.2 Å². The van der Waals surface area contributed by atoms with Crippen LogP contribution in [0, 0.1) is 23.7 Å². The van der Waals surface area contributed by atoms with Crippen LogP contribution in [0.15, 0.2) is 0 Å². The van der Waals surface area contributed by atoms with E-state index < -0.39 is 97.5 Å². The standard InChI is InChI=1S/C72H140O17P2/c1-9-63(6)49-41-33-25-22-23-26-36-44-52-69(74)82-58-67(88-71(76)54-46-38-27-21-19-17-15-13-12-14-16-18-20-24-32-40-48-62(4)5)60-86-90(78,79)84-56-66(73)57-85-91(80,81)87-61-68(89-72(77)55-47-39-31-29-35-43-51-65(8)11-3)59-83-70(75)53-45-37-30-28-34-42-50-64(7)10-2/h62-68,73H,9-61H2,1-8H3,(H,78,79)(H,80,81)/t63?,64?,65?,66-,67-,68-/m1/s1. The number of carbonyl (C=O) groups excluding carboxylic acids is 4. The zero-order valence-electron chi connectivity index (χ0n) is 59.5. The maximum Gasteiger partial charge on any atom is 0.472 e. The Morgan fingerprint density at radius 2 is 0.527 bits per heavy atom. The molecule has 19 heteroatoms. The van der Waals surface area contributed by atoms with E-state index >= 15 is 0 Å². The van der Waals surface area contributed by atoms with Crippen LogP contribution in [-0.2, 0) is 65.4 Å². The predicted molar refractivity (Wildman–Crippen MR) is 367 cm³/mol. The fourth-order valence-corrected chi connectivity index (χ4v) is 12.3. The van der Waals surface area contributed by atoms with Crippen LogP contribution in [0.1, 0.15) is 357 Å². The third-order valence-corrected chi connectivity index (χ3v) is 19.6. The van der Waals surface area contributed by atoms with Crippen LogP contribution < -0.4 is 0 Å². The van der Waals surface area contributed by atoms with Gasteiger partial charge in [-0.25, -0.2) is 9.13 Å². The van der Waals surface area contributed by atoms with Crippen molar-refractivity contribution in [3.8, 4) is 0 Å². The van der Waals surface area contributed by atoms with Crippen molar-refractivity contribution < 1.29 is 80.2 Å². The van der Waals surface area contributed by atoms with E-state index in [0.717, 1.165) is 120 Å². The predicted octanol–water partition coefficient (Wildman–Crippen LogP) is 20.5. The van der Waals surface area contributed by atoms with Gasteiger partial charge in [0.25, 0.3) is 0 Å². The number of hydrogen-bond donors (Lipinski definition) is 3. The van der Waals surface area contributed by atoms with Crippen LogP contribution in [0.4, 0.5) is 0 Å². The molecule has 0 aliphatic rings. The summed E-state index contributed by atoms with van der Waals surface area (Å²) < 4.78 is 68.3. The maximum absolute atomic E-state index is 13.0. The Kier molecular flexibility index (Phi) is 60.3. The second kappa shape index (κ2) is 61.6. The Hall–Kier alpha value is -1.94. The molecule has 0 heterocycles. The molecule has 0 rings (SSSR count). The van der Waals surface area contributed by atoms with E-state index in [4.69, 9.17) is 37.0 Å². The normalized spacial score (nSPS) is 15.1. The molecule has 0 aromatic heterocycles. The van der Waals surface area contributed by atoms with Gasteiger partial charge in [-0.05, 0) is 49.4 Å². The van der Waals surface area contributed by atoms with E-state index in [-0.39, 0.29) is 25.7 Å². The fourth-order valence-electron chi connectivity index (χ4n) is 10.7. The number of rotatable bonds is 69. The molecule has 8 atom stereocenters. The van der Waals surface area contributed by atoms with E-state index in [1.165, 1.54) is 154 Å². The molecule has 0 radical (unpaired) electrons. The van der Waals surface area contributed by atoms with Gasteiger partial charge in [-0.1, -0.05) is 306 Å². The molecule has 3 N–H and O–H groups in total. The second-order valence-corrected chi connectivity index (χ2v) is 30.1. The molecule has 0 aromatic carbocycles. The summed E-state index contributed by atoms with van der Waals surface area (Å²) in [5, 5.41) is 10.6. The summed E-state index contributed by atoms with van der Waals surface area (Å²) in [6, 6.07) is 0. The van der Waals surface area contributed by atoms with E-state index in [0.29, 0.717) is 25.7 Å². The number of ether oxygens (including phenoxy) is 4. The maximum atomic E-state index is 13.0. The highest BCUT2D eigenvalue weighted by atomic mass is 31.2. The Morgan fingerprint density at radius 3 is 0.780 bits per heavy atom. The van der Waals surface area contributed by atoms with Crippen LogP contribution in [0.25, 0.3) is 0 Å². The Bertz CT molecular complexity index is 1800. The number of unbranched alkanes of at least 4 members (excludes halogenated alkanes) is 32. The number of aliphatic hydroxyl groups is 1. The van der Waals surface area contributed by atoms with Gasteiger partial charge < -0.3 is 33.8 Å². The van der Waals surface area contributed by atoms with Crippen LogP contribution in [-0.4, -0.2) is 96.7 Å². The first-order chi connectivity index (χ1) is 43.7. The van der Waals surface area contributed by atoms with Crippen molar-refractivity contribution in [1.29, 1.82) is 0 Å². The molecule has 0 saturated carbocycles. The molecule has 0 spiro atoms. The highest BCUT2D eigenvalue weighted by Gasteiger charge is 2.30. The SMILES string of the molecule is CCC(C)CCCCCCCCCCC(=O)OC[C@H](COP(=O)(O)OC[C@@H](O)COP(=O)(O)OC[C@@H](COC(=O)CCCCCCCCC(C)CC)OC(=O)CCCCCCCCC(C)CC)OC(=O)CCCCCCCCCCCCCCCCCCC(C)C. The van der Waals surface area contributed by atoms with Crippen molar-refractivity contribution in [2.45, 2.75) is 375 Å². The lowest BCUT2D eigenvalue weighted by atomic mass is 9.99. The second-order valence-electron chi connectivity index (χ2n) is 27.2. The lowest BCUT2D eigenvalue weighted by molar-refractivity contribution is -0.161. The van der Waals surface area contributed by atoms with E-state index in [1.807, 2.05) is 0 Å². The van der Waals surface area contributed by atoms with Crippen molar-refractivity contribution >= 4 is 39.5 Å². The summed E-state index contributed by atoms with van der Waals surface area (Å²) in [5.74, 6) is 0.907. The van der Waals surface area contributed by atoms with Gasteiger partial charge in [0.15, 0.2) is 12.2 Å². The third-order valence-electron chi connectivity index (χ3n) is 17.7. The van der Waals surface area contributed by atoms with Gasteiger partial charge in [0, 0.05) is 25.7 Å². The average molecular weight is 1340 g/mol. The molecule has 540 valence electrons. The third kappa shape index (κ3) is 62.6. The molecule has 0 amide bonds. The summed E-state index contributed by atoms with van der Waals surface area (Å²) in [7, 11) is -9.91. The molecule has 0 aromatic rings. The Labute approximate surface area is 556 Å². The molecular weight excluding hydrogens is 1200 g/mol. The lowest BCUT2D eigenvalue weighted by Gasteiger charge is -2.21. The number of phosphoric ester groups is 2. The monoisotopic (exact) mass is 1340 g/mol. The van der Waals surface area contributed by atoms with Crippen molar-refractivity contribution in [2.24, 2.45) is 23.7 Å².